The molecule has 1 unspecified atom stereocenters. The van der Waals surface area contributed by atoms with Crippen LogP contribution < -0.4 is 0 Å². The minimum atomic E-state index is -0.169. The highest BCUT2D eigenvalue weighted by Crippen LogP contribution is 2.35. The summed E-state index contributed by atoms with van der Waals surface area (Å²) in [4.78, 5) is 0. The van der Waals surface area contributed by atoms with Gasteiger partial charge < -0.3 is 0 Å². The first-order valence-corrected chi connectivity index (χ1v) is 5.56. The fourth-order valence-electron chi connectivity index (χ4n) is 1.72. The molecule has 0 nitrogen and oxygen atoms in total. The summed E-state index contributed by atoms with van der Waals surface area (Å²) in [5.74, 6) is 0.670. The molecule has 1 aliphatic rings. The van der Waals surface area contributed by atoms with Crippen LogP contribution >= 0.6 is 11.6 Å². The van der Waals surface area contributed by atoms with Gasteiger partial charge in [-0.05, 0) is 36.5 Å². The molecule has 1 aliphatic carbocycles. The van der Waals surface area contributed by atoms with Gasteiger partial charge in [-0.15, -0.1) is 11.6 Å². The molecule has 0 amide bonds. The third-order valence-corrected chi connectivity index (χ3v) is 2.96. The van der Waals surface area contributed by atoms with Crippen LogP contribution in [0.4, 0.5) is 4.39 Å². The third kappa shape index (κ3) is 2.98. The number of hydrogen-bond acceptors (Lipinski definition) is 0. The van der Waals surface area contributed by atoms with Gasteiger partial charge in [-0.3, -0.25) is 0 Å². The van der Waals surface area contributed by atoms with E-state index in [1.54, 1.807) is 12.1 Å². The van der Waals surface area contributed by atoms with E-state index in [0.717, 1.165) is 24.3 Å². The molecule has 76 valence electrons. The standard InChI is InChI=1S/C12H14ClF/c13-11(6-9-4-5-9)7-10-2-1-3-12(14)8-10/h1-3,8-9,11H,4-7H2. The van der Waals surface area contributed by atoms with Gasteiger partial charge >= 0.3 is 0 Å². The smallest absolute Gasteiger partial charge is 0.123 e. The van der Waals surface area contributed by atoms with E-state index in [-0.39, 0.29) is 11.2 Å². The van der Waals surface area contributed by atoms with Gasteiger partial charge in [0, 0.05) is 5.38 Å². The van der Waals surface area contributed by atoms with E-state index in [0.29, 0.717) is 0 Å². The van der Waals surface area contributed by atoms with Crippen molar-refractivity contribution in [2.75, 3.05) is 0 Å². The Balaban J connectivity index is 1.88. The second-order valence-corrected chi connectivity index (χ2v) is 4.73. The zero-order chi connectivity index (χ0) is 9.97. The van der Waals surface area contributed by atoms with Crippen molar-refractivity contribution in [3.8, 4) is 0 Å². The molecular weight excluding hydrogens is 199 g/mol. The lowest BCUT2D eigenvalue weighted by molar-refractivity contribution is 0.621. The van der Waals surface area contributed by atoms with Gasteiger partial charge in [0.05, 0.1) is 0 Å². The summed E-state index contributed by atoms with van der Waals surface area (Å²) in [6, 6.07) is 6.71. The number of halogens is 2. The van der Waals surface area contributed by atoms with Crippen LogP contribution in [0.5, 0.6) is 0 Å². The molecule has 0 bridgehead atoms. The molecule has 0 aliphatic heterocycles. The molecule has 1 aromatic rings. The predicted molar refractivity (Wildman–Crippen MR) is 57.1 cm³/mol. The molecule has 1 atom stereocenters. The molecule has 0 saturated heterocycles. The molecule has 2 heteroatoms. The van der Waals surface area contributed by atoms with E-state index in [2.05, 4.69) is 0 Å². The van der Waals surface area contributed by atoms with Gasteiger partial charge in [0.1, 0.15) is 5.82 Å². The minimum Gasteiger partial charge on any atom is -0.207 e. The second-order valence-electron chi connectivity index (χ2n) is 4.11. The lowest BCUT2D eigenvalue weighted by atomic mass is 10.1. The quantitative estimate of drug-likeness (QED) is 0.667. The zero-order valence-corrected chi connectivity index (χ0v) is 8.80. The molecule has 0 N–H and O–H groups in total. The van der Waals surface area contributed by atoms with Gasteiger partial charge in [0.15, 0.2) is 0 Å². The van der Waals surface area contributed by atoms with Crippen molar-refractivity contribution in [1.82, 2.24) is 0 Å². The number of hydrogen-bond donors (Lipinski definition) is 0. The molecule has 2 rings (SSSR count). The van der Waals surface area contributed by atoms with Crippen molar-refractivity contribution >= 4 is 11.6 Å². The number of alkyl halides is 1. The Kier molecular flexibility index (Phi) is 3.07. The summed E-state index contributed by atoms with van der Waals surface area (Å²) < 4.78 is 12.8. The lowest BCUT2D eigenvalue weighted by Crippen LogP contribution is -2.04. The summed E-state index contributed by atoms with van der Waals surface area (Å²) in [5.41, 5.74) is 1.01. The fraction of sp³-hybridized carbons (Fsp3) is 0.500. The average Bonchev–Trinajstić information content (AvgIpc) is 2.87. The Bertz CT molecular complexity index is 307. The van der Waals surface area contributed by atoms with E-state index in [1.807, 2.05) is 6.07 Å². The first kappa shape index (κ1) is 9.97. The predicted octanol–water partition coefficient (Wildman–Crippen LogP) is 3.78. The van der Waals surface area contributed by atoms with Crippen LogP contribution in [0.2, 0.25) is 0 Å². The van der Waals surface area contributed by atoms with Gasteiger partial charge in [-0.25, -0.2) is 4.39 Å². The Labute approximate surface area is 89.1 Å². The van der Waals surface area contributed by atoms with Crippen LogP contribution in [0, 0.1) is 11.7 Å². The Morgan fingerprint density at radius 2 is 2.21 bits per heavy atom. The van der Waals surface area contributed by atoms with Crippen LogP contribution in [-0.2, 0) is 6.42 Å². The highest BCUT2D eigenvalue weighted by atomic mass is 35.5. The maximum atomic E-state index is 12.8. The van der Waals surface area contributed by atoms with Crippen LogP contribution in [0.3, 0.4) is 0 Å². The maximum absolute atomic E-state index is 12.8. The van der Waals surface area contributed by atoms with Crippen molar-refractivity contribution in [1.29, 1.82) is 0 Å². The van der Waals surface area contributed by atoms with E-state index in [1.165, 1.54) is 18.9 Å². The van der Waals surface area contributed by atoms with Gasteiger partial charge in [0.2, 0.25) is 0 Å². The van der Waals surface area contributed by atoms with Crippen LogP contribution in [-0.4, -0.2) is 5.38 Å². The Hall–Kier alpha value is -0.560. The van der Waals surface area contributed by atoms with Crippen molar-refractivity contribution < 1.29 is 4.39 Å². The molecule has 0 radical (unpaired) electrons. The normalized spacial score (nSPS) is 18.1. The topological polar surface area (TPSA) is 0 Å². The largest absolute Gasteiger partial charge is 0.207 e. The molecule has 0 aromatic heterocycles. The summed E-state index contributed by atoms with van der Waals surface area (Å²) >= 11 is 6.18. The van der Waals surface area contributed by atoms with Gasteiger partial charge in [-0.2, -0.15) is 0 Å². The van der Waals surface area contributed by atoms with Crippen molar-refractivity contribution in [2.45, 2.75) is 31.1 Å². The SMILES string of the molecule is Fc1cccc(CC(Cl)CC2CC2)c1. The monoisotopic (exact) mass is 212 g/mol. The van der Waals surface area contributed by atoms with E-state index >= 15 is 0 Å². The van der Waals surface area contributed by atoms with Gasteiger partial charge in [0.25, 0.3) is 0 Å². The first-order valence-electron chi connectivity index (χ1n) is 5.12. The fourth-order valence-corrected chi connectivity index (χ4v) is 2.15. The third-order valence-electron chi connectivity index (χ3n) is 2.63. The Morgan fingerprint density at radius 3 is 2.86 bits per heavy atom. The lowest BCUT2D eigenvalue weighted by Gasteiger charge is -2.08. The number of benzene rings is 1. The molecule has 14 heavy (non-hydrogen) atoms. The average molecular weight is 213 g/mol. The van der Waals surface area contributed by atoms with Crippen molar-refractivity contribution in [3.63, 3.8) is 0 Å². The molecule has 1 fully saturated rings. The van der Waals surface area contributed by atoms with Gasteiger partial charge in [-0.1, -0.05) is 25.0 Å². The summed E-state index contributed by atoms with van der Waals surface area (Å²) in [6.07, 6.45) is 4.52. The van der Waals surface area contributed by atoms with Crippen molar-refractivity contribution in [2.24, 2.45) is 5.92 Å². The summed E-state index contributed by atoms with van der Waals surface area (Å²) in [6.45, 7) is 0. The van der Waals surface area contributed by atoms with Crippen molar-refractivity contribution in [3.05, 3.63) is 35.6 Å². The van der Waals surface area contributed by atoms with Crippen LogP contribution in [0.15, 0.2) is 24.3 Å². The van der Waals surface area contributed by atoms with E-state index in [4.69, 9.17) is 11.6 Å². The Morgan fingerprint density at radius 1 is 1.43 bits per heavy atom. The highest BCUT2D eigenvalue weighted by molar-refractivity contribution is 6.20. The van der Waals surface area contributed by atoms with Crippen LogP contribution in [0.1, 0.15) is 24.8 Å². The molecule has 0 spiro atoms. The summed E-state index contributed by atoms with van der Waals surface area (Å²) in [7, 11) is 0. The van der Waals surface area contributed by atoms with Crippen LogP contribution in [0.25, 0.3) is 0 Å². The molecule has 0 heterocycles. The maximum Gasteiger partial charge on any atom is 0.123 e. The van der Waals surface area contributed by atoms with E-state index < -0.39 is 0 Å². The second kappa shape index (κ2) is 4.31. The number of rotatable bonds is 4. The highest BCUT2D eigenvalue weighted by Gasteiger charge is 2.24. The molecule has 1 saturated carbocycles. The summed E-state index contributed by atoms with van der Waals surface area (Å²) in [5, 5.41) is 0.171. The minimum absolute atomic E-state index is 0.169. The first-order chi connectivity index (χ1) is 6.74. The zero-order valence-electron chi connectivity index (χ0n) is 8.05. The van der Waals surface area contributed by atoms with E-state index in [9.17, 15) is 4.39 Å². The molecule has 1 aromatic carbocycles. The molecular formula is C12H14ClF.